The van der Waals surface area contributed by atoms with Gasteiger partial charge in [-0.15, -0.1) is 0 Å². The second-order valence-corrected chi connectivity index (χ2v) is 4.50. The van der Waals surface area contributed by atoms with Crippen molar-refractivity contribution in [2.24, 2.45) is 0 Å². The van der Waals surface area contributed by atoms with Crippen LogP contribution in [0.4, 0.5) is 0 Å². The van der Waals surface area contributed by atoms with Crippen molar-refractivity contribution in [2.45, 2.75) is 0 Å². The Morgan fingerprint density at radius 1 is 1.23 bits per heavy atom. The van der Waals surface area contributed by atoms with E-state index in [0.717, 1.165) is 0 Å². The molecule has 8 nitrogen and oxygen atoms in total. The molecule has 1 fully saturated rings. The maximum absolute atomic E-state index is 10.4. The van der Waals surface area contributed by atoms with E-state index in [1.807, 2.05) is 0 Å². The molecule has 1 aliphatic rings. The van der Waals surface area contributed by atoms with Gasteiger partial charge < -0.3 is 0 Å². The second-order valence-electron chi connectivity index (χ2n) is 1.81. The molecule has 0 unspecified atom stereocenters. The molecule has 0 aromatic heterocycles. The second kappa shape index (κ2) is 3.49. The third-order valence-corrected chi connectivity index (χ3v) is 3.51. The minimum absolute atomic E-state index is 1.26. The van der Waals surface area contributed by atoms with Crippen LogP contribution in [0.25, 0.3) is 0 Å². The summed E-state index contributed by atoms with van der Waals surface area (Å²) in [6.45, 7) is 0. The molecule has 1 N–H and O–H groups in total. The monoisotopic (exact) mass is 246 g/mol. The molecule has 9 heteroatoms. The van der Waals surface area contributed by atoms with Crippen molar-refractivity contribution in [3.63, 3.8) is 0 Å². The van der Waals surface area contributed by atoms with Gasteiger partial charge in [-0.3, -0.25) is 0 Å². The van der Waals surface area contributed by atoms with E-state index in [4.69, 9.17) is 5.11 Å². The molecule has 1 saturated heterocycles. The Morgan fingerprint density at radius 2 is 1.69 bits per heavy atom. The number of hydrogen-bond acceptors (Lipinski definition) is 7. The van der Waals surface area contributed by atoms with E-state index in [-0.39, 0.29) is 0 Å². The normalized spacial score (nSPS) is 14.9. The Balaban J connectivity index is 2.49. The summed E-state index contributed by atoms with van der Waals surface area (Å²) in [4.78, 5) is 41.0. The Morgan fingerprint density at radius 3 is 2.08 bits per heavy atom. The van der Waals surface area contributed by atoms with Crippen molar-refractivity contribution in [2.75, 3.05) is 0 Å². The van der Waals surface area contributed by atoms with E-state index in [1.165, 1.54) is 0 Å². The maximum atomic E-state index is 10.4. The Kier molecular flexibility index (Phi) is 2.58. The molecular formula is C4HGaO8. The summed E-state index contributed by atoms with van der Waals surface area (Å²) in [6, 6.07) is 0. The molecule has 68 valence electrons. The Labute approximate surface area is 76.6 Å². The molecule has 0 atom stereocenters. The molecule has 0 aromatic rings. The Hall–Kier alpha value is -1.48. The number of hydrogen-bond donors (Lipinski definition) is 1. The standard InChI is InChI=1S/2C2H2O4.Ga/c2*3-1(4)2(5)6;/h2*(H,3,4)(H,5,6);/q;;+3/p-3. The van der Waals surface area contributed by atoms with Crippen LogP contribution < -0.4 is 0 Å². The number of carbonyl (C=O) groups excluding carboxylic acids is 3. The molecule has 0 spiro atoms. The fraction of sp³-hybridized carbons (Fsp3) is 0. The molecule has 0 aromatic carbocycles. The van der Waals surface area contributed by atoms with Gasteiger partial charge in [0.2, 0.25) is 0 Å². The molecular weight excluding hydrogens is 246 g/mol. The molecule has 1 aliphatic heterocycles. The predicted molar refractivity (Wildman–Crippen MR) is 31.7 cm³/mol. The van der Waals surface area contributed by atoms with E-state index < -0.39 is 41.2 Å². The number of carbonyl (C=O) groups is 4. The van der Waals surface area contributed by atoms with E-state index in [1.54, 1.807) is 0 Å². The third kappa shape index (κ3) is 2.22. The minimum atomic E-state index is -3.71. The van der Waals surface area contributed by atoms with Gasteiger partial charge >= 0.3 is 76.1 Å². The van der Waals surface area contributed by atoms with Crippen molar-refractivity contribution in [1.82, 2.24) is 0 Å². The average molecular weight is 247 g/mol. The van der Waals surface area contributed by atoms with Gasteiger partial charge in [0.25, 0.3) is 0 Å². The average Bonchev–Trinajstić information content (AvgIpc) is 2.31. The summed E-state index contributed by atoms with van der Waals surface area (Å²) in [6.07, 6.45) is 0. The van der Waals surface area contributed by atoms with Gasteiger partial charge in [-0.1, -0.05) is 0 Å². The predicted octanol–water partition coefficient (Wildman–Crippen LogP) is -2.30. The first-order valence-corrected chi connectivity index (χ1v) is 5.83. The Bertz CT molecular complexity index is 279. The van der Waals surface area contributed by atoms with E-state index in [2.05, 4.69) is 10.6 Å². The number of rotatable bonds is 1. The van der Waals surface area contributed by atoms with Crippen molar-refractivity contribution in [3.05, 3.63) is 0 Å². The zero-order valence-corrected chi connectivity index (χ0v) is 8.30. The van der Waals surface area contributed by atoms with E-state index in [0.29, 0.717) is 0 Å². The summed E-state index contributed by atoms with van der Waals surface area (Å²) in [5, 5.41) is 8.05. The van der Waals surface area contributed by atoms with Crippen molar-refractivity contribution in [1.29, 1.82) is 0 Å². The van der Waals surface area contributed by atoms with Gasteiger partial charge in [0.1, 0.15) is 0 Å². The zero-order valence-electron chi connectivity index (χ0n) is 5.88. The molecule has 1 rings (SSSR count). The van der Waals surface area contributed by atoms with Crippen LogP contribution in [0.3, 0.4) is 0 Å². The summed E-state index contributed by atoms with van der Waals surface area (Å²) in [7, 11) is 0. The van der Waals surface area contributed by atoms with Gasteiger partial charge in [-0.2, -0.15) is 0 Å². The van der Waals surface area contributed by atoms with Crippen LogP contribution in [0.2, 0.25) is 0 Å². The van der Waals surface area contributed by atoms with Gasteiger partial charge in [0, 0.05) is 0 Å². The van der Waals surface area contributed by atoms with Crippen molar-refractivity contribution in [3.8, 4) is 0 Å². The van der Waals surface area contributed by atoms with Crippen LogP contribution >= 0.6 is 0 Å². The quantitative estimate of drug-likeness (QED) is 0.406. The van der Waals surface area contributed by atoms with Crippen molar-refractivity contribution >= 4 is 41.2 Å². The van der Waals surface area contributed by atoms with Crippen LogP contribution in [-0.4, -0.2) is 46.3 Å². The molecule has 0 bridgehead atoms. The molecule has 0 aliphatic carbocycles. The molecule has 0 saturated carbocycles. The molecule has 0 radical (unpaired) electrons. The van der Waals surface area contributed by atoms with Gasteiger partial charge in [0.05, 0.1) is 0 Å². The van der Waals surface area contributed by atoms with Gasteiger partial charge in [-0.05, 0) is 0 Å². The van der Waals surface area contributed by atoms with Crippen LogP contribution in [0, 0.1) is 0 Å². The number of carboxylic acids is 1. The van der Waals surface area contributed by atoms with Crippen LogP contribution in [0.5, 0.6) is 0 Å². The van der Waals surface area contributed by atoms with E-state index >= 15 is 0 Å². The van der Waals surface area contributed by atoms with Crippen molar-refractivity contribution < 1.29 is 34.9 Å². The summed E-state index contributed by atoms with van der Waals surface area (Å²) in [5.74, 6) is -5.97. The zero-order chi connectivity index (χ0) is 10.0. The van der Waals surface area contributed by atoms with E-state index in [9.17, 15) is 19.2 Å². The molecule has 13 heavy (non-hydrogen) atoms. The first kappa shape index (κ1) is 9.60. The number of carboxylic acid groups (broad SMARTS) is 1. The van der Waals surface area contributed by atoms with Crippen LogP contribution in [0.1, 0.15) is 0 Å². The SMILES string of the molecule is O=C(O)C(=O)[O][Ga]1[O]C(=O)C(=O)[O]1. The fourth-order valence-corrected chi connectivity index (χ4v) is 2.50. The first-order chi connectivity index (χ1) is 6.00. The molecule has 0 amide bonds. The third-order valence-electron chi connectivity index (χ3n) is 0.951. The summed E-state index contributed by atoms with van der Waals surface area (Å²) < 4.78 is 12.4. The van der Waals surface area contributed by atoms with Crippen LogP contribution in [-0.2, 0) is 29.8 Å². The fourth-order valence-electron chi connectivity index (χ4n) is 0.481. The topological polar surface area (TPSA) is 116 Å². The van der Waals surface area contributed by atoms with Crippen LogP contribution in [0.15, 0.2) is 0 Å². The summed E-state index contributed by atoms with van der Waals surface area (Å²) >= 11 is -3.71. The molecule has 1 heterocycles. The number of aliphatic carboxylic acids is 1. The van der Waals surface area contributed by atoms with Gasteiger partial charge in [-0.25, -0.2) is 0 Å². The van der Waals surface area contributed by atoms with Gasteiger partial charge in [0.15, 0.2) is 0 Å². The summed E-state index contributed by atoms with van der Waals surface area (Å²) in [5.41, 5.74) is 0. The first-order valence-electron chi connectivity index (χ1n) is 2.86.